The van der Waals surface area contributed by atoms with Crippen molar-refractivity contribution in [1.29, 1.82) is 0 Å². The fraction of sp³-hybridized carbons (Fsp3) is 1.00. The second-order valence-electron chi connectivity index (χ2n) is 2.64. The van der Waals surface area contributed by atoms with Gasteiger partial charge in [0.2, 0.25) is 0 Å². The quantitative estimate of drug-likeness (QED) is 0.519. The molecule has 0 N–H and O–H groups in total. The summed E-state index contributed by atoms with van der Waals surface area (Å²) < 4.78 is 6.03. The van der Waals surface area contributed by atoms with E-state index in [-0.39, 0.29) is 47.9 Å². The van der Waals surface area contributed by atoms with Crippen molar-refractivity contribution >= 4 is 69.6 Å². The molecule has 0 aliphatic carbocycles. The topological polar surface area (TPSA) is 9.23 Å². The standard InChI is InChI=1S/C8H17O.2ClH.2Mg.2H/c1-3-5-7-9-8-6-4-2;;;;;;/h7H,3-6,8H2,1-2H3;2*1H;;;;/q;;;;+1;;. The normalized spacial score (nSPS) is 10.5. The van der Waals surface area contributed by atoms with Gasteiger partial charge < -0.3 is 0 Å². The second-order valence-corrected chi connectivity index (χ2v) is 3.55. The zero-order valence-corrected chi connectivity index (χ0v) is 11.1. The maximum Gasteiger partial charge on any atom is 0.316 e. The molecule has 1 nitrogen and oxygen atoms in total. The SMILES string of the molecule is CCCCO[CH]([Mg+])CCC.Cl.Cl.[MgH2]. The van der Waals surface area contributed by atoms with Crippen LogP contribution in [0.15, 0.2) is 0 Å². The molecule has 0 amide bonds. The first-order valence-electron chi connectivity index (χ1n) is 4.26. The molecule has 1 atom stereocenters. The van der Waals surface area contributed by atoms with Crippen molar-refractivity contribution in [2.75, 3.05) is 6.61 Å². The van der Waals surface area contributed by atoms with E-state index < -0.39 is 0 Å². The van der Waals surface area contributed by atoms with Crippen molar-refractivity contribution < 1.29 is 4.74 Å². The number of unbranched alkanes of at least 4 members (excludes halogenated alkanes) is 1. The molecule has 0 spiro atoms. The van der Waals surface area contributed by atoms with Gasteiger partial charge in [-0.15, -0.1) is 24.8 Å². The van der Waals surface area contributed by atoms with Crippen molar-refractivity contribution in [3.63, 3.8) is 0 Å². The number of rotatable bonds is 6. The third-order valence-electron chi connectivity index (χ3n) is 1.46. The van der Waals surface area contributed by atoms with Crippen LogP contribution in [0.25, 0.3) is 0 Å². The van der Waals surface area contributed by atoms with E-state index >= 15 is 0 Å². The van der Waals surface area contributed by atoms with Crippen LogP contribution in [-0.2, 0) is 4.74 Å². The first-order chi connectivity index (χ1) is 4.81. The van der Waals surface area contributed by atoms with Crippen LogP contribution in [0.4, 0.5) is 0 Å². The Labute approximate surface area is 124 Å². The van der Waals surface area contributed by atoms with Crippen molar-refractivity contribution in [2.24, 2.45) is 0 Å². The molecule has 13 heavy (non-hydrogen) atoms. The molecule has 0 heterocycles. The summed E-state index contributed by atoms with van der Waals surface area (Å²) in [6.45, 7) is 5.34. The van der Waals surface area contributed by atoms with Crippen LogP contribution in [0.3, 0.4) is 0 Å². The Hall–Kier alpha value is 2.07. The summed E-state index contributed by atoms with van der Waals surface area (Å²) in [4.78, 5) is 0. The van der Waals surface area contributed by atoms with Crippen LogP contribution in [0, 0.1) is 0 Å². The zero-order valence-electron chi connectivity index (χ0n) is 8.04. The van der Waals surface area contributed by atoms with Gasteiger partial charge in [0.25, 0.3) is 0 Å². The molecule has 0 aromatic heterocycles. The molecule has 0 saturated carbocycles. The van der Waals surface area contributed by atoms with Crippen LogP contribution in [-0.4, -0.2) is 55.6 Å². The summed E-state index contributed by atoms with van der Waals surface area (Å²) in [6, 6.07) is 0. The van der Waals surface area contributed by atoms with E-state index in [9.17, 15) is 0 Å². The average Bonchev–Trinajstić information content (AvgIpc) is 1.89. The van der Waals surface area contributed by atoms with Crippen LogP contribution < -0.4 is 0 Å². The predicted molar refractivity (Wildman–Crippen MR) is 68.4 cm³/mol. The summed E-state index contributed by atoms with van der Waals surface area (Å²) in [5.41, 5.74) is 0. The van der Waals surface area contributed by atoms with Crippen LogP contribution in [0.1, 0.15) is 39.5 Å². The Kier molecular flexibility index (Phi) is 36.7. The summed E-state index contributed by atoms with van der Waals surface area (Å²) in [7, 11) is 0. The summed E-state index contributed by atoms with van der Waals surface area (Å²) >= 11 is 1.96. The Balaban J connectivity index is -0.000000135. The number of hydrogen-bond donors (Lipinski definition) is 0. The van der Waals surface area contributed by atoms with Crippen LogP contribution in [0.5, 0.6) is 0 Å². The maximum atomic E-state index is 5.54. The van der Waals surface area contributed by atoms with Gasteiger partial charge in [-0.05, 0) is 0 Å². The minimum absolute atomic E-state index is 0. The fourth-order valence-electron chi connectivity index (χ4n) is 0.800. The van der Waals surface area contributed by atoms with Crippen molar-refractivity contribution in [3.05, 3.63) is 0 Å². The summed E-state index contributed by atoms with van der Waals surface area (Å²) in [6.07, 6.45) is 4.89. The van der Waals surface area contributed by atoms with Crippen molar-refractivity contribution in [3.8, 4) is 0 Å². The maximum absolute atomic E-state index is 5.54. The average molecular weight is 253 g/mol. The number of ether oxygens (including phenoxy) is 1. The molecular formula is C8H21Cl2Mg2O+. The van der Waals surface area contributed by atoms with E-state index in [2.05, 4.69) is 13.8 Å². The molecule has 0 aliphatic rings. The summed E-state index contributed by atoms with van der Waals surface area (Å²) in [5.74, 6) is 0. The van der Waals surface area contributed by atoms with E-state index in [1.807, 2.05) is 21.7 Å². The largest absolute Gasteiger partial charge is 0.316 e. The Morgan fingerprint density at radius 3 is 2.08 bits per heavy atom. The Morgan fingerprint density at radius 1 is 1.15 bits per heavy atom. The van der Waals surface area contributed by atoms with Crippen LogP contribution in [0.2, 0.25) is 0 Å². The van der Waals surface area contributed by atoms with Gasteiger partial charge in [-0.1, -0.05) is 0 Å². The molecule has 0 fully saturated rings. The van der Waals surface area contributed by atoms with Crippen molar-refractivity contribution in [2.45, 2.75) is 43.8 Å². The minimum atomic E-state index is 0. The van der Waals surface area contributed by atoms with Crippen molar-refractivity contribution in [1.82, 2.24) is 0 Å². The molecule has 5 heteroatoms. The van der Waals surface area contributed by atoms with E-state index in [0.29, 0.717) is 4.23 Å². The van der Waals surface area contributed by atoms with Gasteiger partial charge in [0.15, 0.2) is 0 Å². The van der Waals surface area contributed by atoms with E-state index in [4.69, 9.17) is 4.74 Å². The Bertz CT molecular complexity index is 77.2. The zero-order chi connectivity index (χ0) is 7.82. The Morgan fingerprint density at radius 2 is 1.69 bits per heavy atom. The predicted octanol–water partition coefficient (Wildman–Crippen LogP) is 2.03. The van der Waals surface area contributed by atoms with Gasteiger partial charge in [0, 0.05) is 0 Å². The molecule has 0 saturated heterocycles. The number of halogens is 2. The first-order valence-corrected chi connectivity index (χ1v) is 5.07. The smallest absolute Gasteiger partial charge is 0.147 e. The summed E-state index contributed by atoms with van der Waals surface area (Å²) in [5, 5.41) is 0. The van der Waals surface area contributed by atoms with E-state index in [1.54, 1.807) is 0 Å². The van der Waals surface area contributed by atoms with E-state index in [0.717, 1.165) is 6.61 Å². The minimum Gasteiger partial charge on any atom is -0.147 e. The molecule has 0 aliphatic heterocycles. The number of hydrogen-bond acceptors (Lipinski definition) is 1. The van der Waals surface area contributed by atoms with Gasteiger partial charge in [-0.2, -0.15) is 0 Å². The third kappa shape index (κ3) is 20.2. The second kappa shape index (κ2) is 19.6. The fourth-order valence-corrected chi connectivity index (χ4v) is 1.37. The van der Waals surface area contributed by atoms with Gasteiger partial charge in [0.05, 0.1) is 0 Å². The third-order valence-corrected chi connectivity index (χ3v) is 2.11. The van der Waals surface area contributed by atoms with Gasteiger partial charge in [-0.25, -0.2) is 0 Å². The molecule has 0 aromatic rings. The molecule has 0 rings (SSSR count). The van der Waals surface area contributed by atoms with Gasteiger partial charge in [0.1, 0.15) is 0 Å². The molecule has 0 aromatic carbocycles. The monoisotopic (exact) mass is 251 g/mol. The first kappa shape index (κ1) is 24.3. The van der Waals surface area contributed by atoms with Gasteiger partial charge >= 0.3 is 99.9 Å². The van der Waals surface area contributed by atoms with E-state index in [1.165, 1.54) is 25.7 Å². The molecular weight excluding hydrogens is 232 g/mol. The molecule has 0 radical (unpaired) electrons. The molecule has 1 unspecified atom stereocenters. The van der Waals surface area contributed by atoms with Gasteiger partial charge in [-0.3, -0.25) is 0 Å². The molecule has 76 valence electrons. The molecule has 0 bridgehead atoms. The van der Waals surface area contributed by atoms with Crippen LogP contribution >= 0.6 is 24.8 Å².